The Morgan fingerprint density at radius 3 is 2.41 bits per heavy atom. The van der Waals surface area contributed by atoms with Crippen molar-refractivity contribution in [3.63, 3.8) is 0 Å². The molecule has 0 radical (unpaired) electrons. The lowest BCUT2D eigenvalue weighted by Gasteiger charge is -2.08. The highest BCUT2D eigenvalue weighted by Crippen LogP contribution is 2.13. The average Bonchev–Trinajstić information content (AvgIpc) is 2.26. The average molecular weight is 259 g/mol. The monoisotopic (exact) mass is 259 g/mol. The second-order valence-corrected chi connectivity index (χ2v) is 5.11. The Balaban J connectivity index is 2.76. The molecule has 1 rings (SSSR count). The molecule has 0 fully saturated rings. The van der Waals surface area contributed by atoms with Crippen molar-refractivity contribution in [3.05, 3.63) is 29.8 Å². The van der Waals surface area contributed by atoms with Gasteiger partial charge < -0.3 is 10.8 Å². The summed E-state index contributed by atoms with van der Waals surface area (Å²) in [5.74, 6) is -1.32. The van der Waals surface area contributed by atoms with Crippen LogP contribution in [-0.4, -0.2) is 32.1 Å². The van der Waals surface area contributed by atoms with Crippen LogP contribution in [-0.2, 0) is 19.1 Å². The summed E-state index contributed by atoms with van der Waals surface area (Å²) in [5.41, 5.74) is 6.05. The minimum absolute atomic E-state index is 0.0271. The van der Waals surface area contributed by atoms with Gasteiger partial charge >= 0.3 is 5.97 Å². The van der Waals surface area contributed by atoms with E-state index in [4.69, 9.17) is 10.8 Å². The standard InChI is InChI=1S/C10H13NO5S/c1-7-2-4-8(5-3-7)17(14,15)16-6-9(11)10(12)13/h2-5,9H,6,11H2,1H3,(H,12,13). The topological polar surface area (TPSA) is 107 Å². The van der Waals surface area contributed by atoms with Gasteiger partial charge in [0.25, 0.3) is 10.1 Å². The van der Waals surface area contributed by atoms with E-state index in [1.54, 1.807) is 12.1 Å². The lowest BCUT2D eigenvalue weighted by Crippen LogP contribution is -2.35. The van der Waals surface area contributed by atoms with Crippen LogP contribution in [0.3, 0.4) is 0 Å². The summed E-state index contributed by atoms with van der Waals surface area (Å²) in [5, 5.41) is 8.49. The number of carbonyl (C=O) groups is 1. The fourth-order valence-electron chi connectivity index (χ4n) is 1.01. The van der Waals surface area contributed by atoms with Crippen molar-refractivity contribution in [1.82, 2.24) is 0 Å². The van der Waals surface area contributed by atoms with Gasteiger partial charge in [0.1, 0.15) is 6.04 Å². The molecule has 1 aromatic carbocycles. The molecule has 6 nitrogen and oxygen atoms in total. The molecule has 0 heterocycles. The van der Waals surface area contributed by atoms with E-state index in [-0.39, 0.29) is 4.90 Å². The summed E-state index contributed by atoms with van der Waals surface area (Å²) < 4.78 is 27.7. The summed E-state index contributed by atoms with van der Waals surface area (Å²) in [4.78, 5) is 10.4. The van der Waals surface area contributed by atoms with Crippen molar-refractivity contribution in [2.75, 3.05) is 6.61 Å². The maximum Gasteiger partial charge on any atom is 0.322 e. The van der Waals surface area contributed by atoms with Gasteiger partial charge in [0.05, 0.1) is 11.5 Å². The number of benzene rings is 1. The first-order chi connectivity index (χ1) is 7.83. The van der Waals surface area contributed by atoms with Crippen molar-refractivity contribution in [1.29, 1.82) is 0 Å². The van der Waals surface area contributed by atoms with E-state index in [0.717, 1.165) is 5.56 Å². The fourth-order valence-corrected chi connectivity index (χ4v) is 1.94. The third-order valence-electron chi connectivity index (χ3n) is 2.03. The van der Waals surface area contributed by atoms with Crippen molar-refractivity contribution >= 4 is 16.1 Å². The number of hydrogen-bond acceptors (Lipinski definition) is 5. The maximum atomic E-state index is 11.6. The molecule has 1 atom stereocenters. The predicted octanol–water partition coefficient (Wildman–Crippen LogP) is 0.112. The van der Waals surface area contributed by atoms with E-state index in [0.29, 0.717) is 0 Å². The molecule has 3 N–H and O–H groups in total. The van der Waals surface area contributed by atoms with Gasteiger partial charge in [-0.05, 0) is 19.1 Å². The first kappa shape index (κ1) is 13.6. The van der Waals surface area contributed by atoms with E-state index >= 15 is 0 Å². The zero-order valence-electron chi connectivity index (χ0n) is 9.16. The van der Waals surface area contributed by atoms with Gasteiger partial charge in [0.2, 0.25) is 0 Å². The molecule has 0 saturated carbocycles. The SMILES string of the molecule is Cc1ccc(S(=O)(=O)OCC(N)C(=O)O)cc1. The third-order valence-corrected chi connectivity index (χ3v) is 3.33. The maximum absolute atomic E-state index is 11.6. The van der Waals surface area contributed by atoms with Crippen LogP contribution in [0.2, 0.25) is 0 Å². The van der Waals surface area contributed by atoms with Gasteiger partial charge in [0.15, 0.2) is 0 Å². The van der Waals surface area contributed by atoms with Crippen LogP contribution in [0, 0.1) is 6.92 Å². The highest BCUT2D eigenvalue weighted by Gasteiger charge is 2.19. The molecular formula is C10H13NO5S. The minimum atomic E-state index is -3.95. The zero-order chi connectivity index (χ0) is 13.1. The molecule has 0 aliphatic carbocycles. The second-order valence-electron chi connectivity index (χ2n) is 3.50. The Labute approximate surface area is 99.1 Å². The van der Waals surface area contributed by atoms with Crippen LogP contribution < -0.4 is 5.73 Å². The molecule has 94 valence electrons. The van der Waals surface area contributed by atoms with Crippen LogP contribution in [0.1, 0.15) is 5.56 Å². The van der Waals surface area contributed by atoms with Gasteiger partial charge in [-0.25, -0.2) is 0 Å². The lowest BCUT2D eigenvalue weighted by atomic mass is 10.2. The Bertz CT molecular complexity index is 494. The van der Waals surface area contributed by atoms with Gasteiger partial charge in [0, 0.05) is 0 Å². The molecule has 1 unspecified atom stereocenters. The fraction of sp³-hybridized carbons (Fsp3) is 0.300. The molecule has 17 heavy (non-hydrogen) atoms. The lowest BCUT2D eigenvalue weighted by molar-refractivity contribution is -0.139. The highest BCUT2D eigenvalue weighted by atomic mass is 32.2. The Morgan fingerprint density at radius 1 is 1.41 bits per heavy atom. The van der Waals surface area contributed by atoms with E-state index in [1.165, 1.54) is 12.1 Å². The number of nitrogens with two attached hydrogens (primary N) is 1. The first-order valence-corrected chi connectivity index (χ1v) is 6.18. The molecule has 0 aromatic heterocycles. The Kier molecular flexibility index (Phi) is 4.22. The van der Waals surface area contributed by atoms with E-state index < -0.39 is 28.7 Å². The quantitative estimate of drug-likeness (QED) is 0.727. The first-order valence-electron chi connectivity index (χ1n) is 4.77. The summed E-state index contributed by atoms with van der Waals surface area (Å²) >= 11 is 0. The van der Waals surface area contributed by atoms with Crippen LogP contribution in [0.5, 0.6) is 0 Å². The Morgan fingerprint density at radius 2 is 1.94 bits per heavy atom. The van der Waals surface area contributed by atoms with Crippen LogP contribution in [0.15, 0.2) is 29.2 Å². The van der Waals surface area contributed by atoms with Gasteiger partial charge in [-0.1, -0.05) is 17.7 Å². The number of aryl methyl sites for hydroxylation is 1. The Hall–Kier alpha value is -1.44. The molecule has 0 spiro atoms. The molecule has 0 amide bonds. The third kappa shape index (κ3) is 3.81. The van der Waals surface area contributed by atoms with Crippen LogP contribution in [0.25, 0.3) is 0 Å². The van der Waals surface area contributed by atoms with E-state index in [9.17, 15) is 13.2 Å². The molecular weight excluding hydrogens is 246 g/mol. The van der Waals surface area contributed by atoms with Crippen molar-refractivity contribution in [2.24, 2.45) is 5.73 Å². The number of aliphatic carboxylic acids is 1. The zero-order valence-corrected chi connectivity index (χ0v) is 9.98. The molecule has 0 aliphatic rings. The molecule has 7 heteroatoms. The highest BCUT2D eigenvalue weighted by molar-refractivity contribution is 7.86. The minimum Gasteiger partial charge on any atom is -0.480 e. The summed E-state index contributed by atoms with van der Waals surface area (Å²) in [6.07, 6.45) is 0. The van der Waals surface area contributed by atoms with Crippen molar-refractivity contribution in [2.45, 2.75) is 17.9 Å². The largest absolute Gasteiger partial charge is 0.480 e. The molecule has 1 aromatic rings. The van der Waals surface area contributed by atoms with Crippen LogP contribution >= 0.6 is 0 Å². The molecule has 0 aliphatic heterocycles. The molecule has 0 saturated heterocycles. The van der Waals surface area contributed by atoms with Crippen molar-refractivity contribution in [3.8, 4) is 0 Å². The summed E-state index contributed by atoms with van der Waals surface area (Å²) in [7, 11) is -3.95. The number of carboxylic acid groups (broad SMARTS) is 1. The van der Waals surface area contributed by atoms with Gasteiger partial charge in [-0.2, -0.15) is 8.42 Å². The smallest absolute Gasteiger partial charge is 0.322 e. The van der Waals surface area contributed by atoms with Gasteiger partial charge in [-0.15, -0.1) is 0 Å². The molecule has 0 bridgehead atoms. The summed E-state index contributed by atoms with van der Waals surface area (Å²) in [6, 6.07) is 4.64. The van der Waals surface area contributed by atoms with Gasteiger partial charge in [-0.3, -0.25) is 8.98 Å². The van der Waals surface area contributed by atoms with E-state index in [2.05, 4.69) is 4.18 Å². The number of carboxylic acids is 1. The summed E-state index contributed by atoms with van der Waals surface area (Å²) in [6.45, 7) is 1.23. The van der Waals surface area contributed by atoms with E-state index in [1.807, 2.05) is 6.92 Å². The normalized spacial score (nSPS) is 13.3. The number of hydrogen-bond donors (Lipinski definition) is 2. The van der Waals surface area contributed by atoms with Crippen LogP contribution in [0.4, 0.5) is 0 Å². The second kappa shape index (κ2) is 5.26. The number of rotatable bonds is 5. The van der Waals surface area contributed by atoms with Crippen molar-refractivity contribution < 1.29 is 22.5 Å². The predicted molar refractivity (Wildman–Crippen MR) is 59.9 cm³/mol.